The molecule has 0 saturated heterocycles. The summed E-state index contributed by atoms with van der Waals surface area (Å²) >= 11 is 1.77. The number of aliphatic hydroxyl groups is 1. The van der Waals surface area contributed by atoms with Crippen molar-refractivity contribution in [2.45, 2.75) is 24.7 Å². The van der Waals surface area contributed by atoms with Crippen molar-refractivity contribution < 1.29 is 9.50 Å². The maximum absolute atomic E-state index is 13.0. The highest BCUT2D eigenvalue weighted by atomic mass is 32.2. The first-order chi connectivity index (χ1) is 7.94. The fraction of sp³-hybridized carbons (Fsp3) is 0.538. The van der Waals surface area contributed by atoms with Gasteiger partial charge in [0.15, 0.2) is 0 Å². The average molecular weight is 257 g/mol. The summed E-state index contributed by atoms with van der Waals surface area (Å²) in [5.41, 5.74) is 0.611. The van der Waals surface area contributed by atoms with Gasteiger partial charge in [0.25, 0.3) is 0 Å². The van der Waals surface area contributed by atoms with E-state index in [1.165, 1.54) is 12.1 Å². The molecule has 0 aromatic heterocycles. The highest BCUT2D eigenvalue weighted by molar-refractivity contribution is 7.99. The van der Waals surface area contributed by atoms with Gasteiger partial charge in [-0.05, 0) is 37.8 Å². The third kappa shape index (κ3) is 5.06. The molecule has 0 heterocycles. The maximum atomic E-state index is 13.0. The molecule has 1 atom stereocenters. The van der Waals surface area contributed by atoms with Crippen LogP contribution < -0.4 is 5.32 Å². The molecular weight excluding hydrogens is 237 g/mol. The number of aliphatic hydroxyl groups excluding tert-OH is 1. The van der Waals surface area contributed by atoms with Crippen LogP contribution in [0.5, 0.6) is 0 Å². The molecule has 2 N–H and O–H groups in total. The van der Waals surface area contributed by atoms with Gasteiger partial charge in [-0.1, -0.05) is 12.1 Å². The lowest BCUT2D eigenvalue weighted by Crippen LogP contribution is -2.34. The molecule has 17 heavy (non-hydrogen) atoms. The molecule has 0 radical (unpaired) electrons. The van der Waals surface area contributed by atoms with Crippen LogP contribution in [-0.4, -0.2) is 29.2 Å². The van der Waals surface area contributed by atoms with E-state index in [9.17, 15) is 9.50 Å². The SMILES string of the molecule is CSC(C)(C)CNCC(O)c1cccc(F)c1. The number of nitrogens with one attached hydrogen (secondary N) is 1. The van der Waals surface area contributed by atoms with E-state index >= 15 is 0 Å². The average Bonchev–Trinajstić information content (AvgIpc) is 2.28. The second-order valence-electron chi connectivity index (χ2n) is 4.67. The normalized spacial score (nSPS) is 13.7. The highest BCUT2D eigenvalue weighted by Gasteiger charge is 2.16. The van der Waals surface area contributed by atoms with Crippen LogP contribution in [0.4, 0.5) is 4.39 Å². The summed E-state index contributed by atoms with van der Waals surface area (Å²) in [4.78, 5) is 0. The molecule has 0 amide bonds. The third-order valence-corrected chi connectivity index (χ3v) is 3.92. The Hall–Kier alpha value is -0.580. The van der Waals surface area contributed by atoms with E-state index in [0.717, 1.165) is 6.54 Å². The first kappa shape index (κ1) is 14.5. The quantitative estimate of drug-likeness (QED) is 0.821. The highest BCUT2D eigenvalue weighted by Crippen LogP contribution is 2.20. The fourth-order valence-electron chi connectivity index (χ4n) is 1.41. The minimum absolute atomic E-state index is 0.141. The maximum Gasteiger partial charge on any atom is 0.123 e. The molecule has 1 rings (SSSR count). The molecule has 1 aromatic rings. The second kappa shape index (κ2) is 6.38. The van der Waals surface area contributed by atoms with E-state index in [0.29, 0.717) is 12.1 Å². The summed E-state index contributed by atoms with van der Waals surface area (Å²) in [7, 11) is 0. The molecule has 0 saturated carbocycles. The van der Waals surface area contributed by atoms with Crippen molar-refractivity contribution in [1.82, 2.24) is 5.32 Å². The summed E-state index contributed by atoms with van der Waals surface area (Å²) in [6.07, 6.45) is 1.40. The lowest BCUT2D eigenvalue weighted by atomic mass is 10.1. The Kier molecular flexibility index (Phi) is 5.43. The molecule has 0 spiro atoms. The first-order valence-electron chi connectivity index (χ1n) is 5.64. The zero-order valence-corrected chi connectivity index (χ0v) is 11.4. The third-order valence-electron chi connectivity index (χ3n) is 2.67. The van der Waals surface area contributed by atoms with Gasteiger partial charge >= 0.3 is 0 Å². The first-order valence-corrected chi connectivity index (χ1v) is 6.86. The molecule has 1 aromatic carbocycles. The smallest absolute Gasteiger partial charge is 0.123 e. The lowest BCUT2D eigenvalue weighted by Gasteiger charge is -2.23. The van der Waals surface area contributed by atoms with Gasteiger partial charge < -0.3 is 10.4 Å². The Labute approximate surface area is 107 Å². The summed E-state index contributed by atoms with van der Waals surface area (Å²) in [5, 5.41) is 13.1. The molecular formula is C13H20FNOS. The summed E-state index contributed by atoms with van der Waals surface area (Å²) in [6.45, 7) is 5.52. The van der Waals surface area contributed by atoms with Gasteiger partial charge in [0.05, 0.1) is 6.10 Å². The van der Waals surface area contributed by atoms with Gasteiger partial charge in [-0.15, -0.1) is 0 Å². The number of halogens is 1. The Balaban J connectivity index is 2.42. The standard InChI is InChI=1S/C13H20FNOS/c1-13(2,17-3)9-15-8-12(16)10-5-4-6-11(14)7-10/h4-7,12,15-16H,8-9H2,1-3H3. The fourth-order valence-corrected chi connectivity index (χ4v) is 1.66. The largest absolute Gasteiger partial charge is 0.387 e. The van der Waals surface area contributed by atoms with Gasteiger partial charge in [0, 0.05) is 17.8 Å². The molecule has 4 heteroatoms. The minimum Gasteiger partial charge on any atom is -0.387 e. The van der Waals surface area contributed by atoms with Crippen molar-refractivity contribution >= 4 is 11.8 Å². The van der Waals surface area contributed by atoms with Crippen LogP contribution in [0.1, 0.15) is 25.5 Å². The van der Waals surface area contributed by atoms with E-state index in [1.54, 1.807) is 23.9 Å². The Morgan fingerprint density at radius 3 is 2.76 bits per heavy atom. The van der Waals surface area contributed by atoms with Crippen LogP contribution in [0.25, 0.3) is 0 Å². The number of hydrogen-bond acceptors (Lipinski definition) is 3. The van der Waals surface area contributed by atoms with Crippen molar-refractivity contribution in [2.75, 3.05) is 19.3 Å². The lowest BCUT2D eigenvalue weighted by molar-refractivity contribution is 0.173. The van der Waals surface area contributed by atoms with E-state index in [-0.39, 0.29) is 10.6 Å². The van der Waals surface area contributed by atoms with Crippen LogP contribution in [0.15, 0.2) is 24.3 Å². The van der Waals surface area contributed by atoms with Crippen molar-refractivity contribution in [1.29, 1.82) is 0 Å². The zero-order chi connectivity index (χ0) is 12.9. The Morgan fingerprint density at radius 1 is 1.47 bits per heavy atom. The molecule has 2 nitrogen and oxygen atoms in total. The molecule has 0 fully saturated rings. The van der Waals surface area contributed by atoms with E-state index in [2.05, 4.69) is 25.4 Å². The topological polar surface area (TPSA) is 32.3 Å². The van der Waals surface area contributed by atoms with Crippen LogP contribution in [0.2, 0.25) is 0 Å². The molecule has 0 aliphatic carbocycles. The predicted octanol–water partition coefficient (Wildman–Crippen LogP) is 2.59. The number of rotatable bonds is 6. The Morgan fingerprint density at radius 2 is 2.18 bits per heavy atom. The molecule has 1 unspecified atom stereocenters. The van der Waals surface area contributed by atoms with Gasteiger partial charge in [-0.3, -0.25) is 0 Å². The predicted molar refractivity (Wildman–Crippen MR) is 71.8 cm³/mol. The van der Waals surface area contributed by atoms with Crippen LogP contribution in [0, 0.1) is 5.82 Å². The van der Waals surface area contributed by atoms with Crippen LogP contribution in [-0.2, 0) is 0 Å². The van der Waals surface area contributed by atoms with E-state index in [1.807, 2.05) is 0 Å². The van der Waals surface area contributed by atoms with Crippen LogP contribution >= 0.6 is 11.8 Å². The number of benzene rings is 1. The van der Waals surface area contributed by atoms with Gasteiger partial charge in [-0.25, -0.2) is 4.39 Å². The van der Waals surface area contributed by atoms with Crippen molar-refractivity contribution in [2.24, 2.45) is 0 Å². The molecule has 0 aliphatic heterocycles. The molecule has 0 bridgehead atoms. The Bertz CT molecular complexity index is 357. The molecule has 0 aliphatic rings. The number of thioether (sulfide) groups is 1. The van der Waals surface area contributed by atoms with Gasteiger partial charge in [-0.2, -0.15) is 11.8 Å². The van der Waals surface area contributed by atoms with Crippen molar-refractivity contribution in [3.8, 4) is 0 Å². The monoisotopic (exact) mass is 257 g/mol. The summed E-state index contributed by atoms with van der Waals surface area (Å²) in [6, 6.07) is 6.08. The van der Waals surface area contributed by atoms with E-state index < -0.39 is 6.10 Å². The van der Waals surface area contributed by atoms with Gasteiger partial charge in [0.2, 0.25) is 0 Å². The zero-order valence-electron chi connectivity index (χ0n) is 10.5. The van der Waals surface area contributed by atoms with E-state index in [4.69, 9.17) is 0 Å². The summed E-state index contributed by atoms with van der Waals surface area (Å²) < 4.78 is 13.1. The van der Waals surface area contributed by atoms with Crippen molar-refractivity contribution in [3.05, 3.63) is 35.6 Å². The van der Waals surface area contributed by atoms with Gasteiger partial charge in [0.1, 0.15) is 5.82 Å². The minimum atomic E-state index is -0.664. The second-order valence-corrected chi connectivity index (χ2v) is 6.18. The molecule has 96 valence electrons. The van der Waals surface area contributed by atoms with Crippen LogP contribution in [0.3, 0.4) is 0 Å². The van der Waals surface area contributed by atoms with Crippen molar-refractivity contribution in [3.63, 3.8) is 0 Å². The number of hydrogen-bond donors (Lipinski definition) is 2. The summed E-state index contributed by atoms with van der Waals surface area (Å²) in [5.74, 6) is -0.314.